The van der Waals surface area contributed by atoms with Gasteiger partial charge in [-0.15, -0.1) is 0 Å². The summed E-state index contributed by atoms with van der Waals surface area (Å²) in [6.45, 7) is 3.15. The molecular weight excluding hydrogens is 296 g/mol. The molecule has 23 heavy (non-hydrogen) atoms. The highest BCUT2D eigenvalue weighted by molar-refractivity contribution is 5.94. The van der Waals surface area contributed by atoms with Crippen molar-refractivity contribution in [2.75, 3.05) is 13.1 Å². The van der Waals surface area contributed by atoms with E-state index < -0.39 is 11.5 Å². The van der Waals surface area contributed by atoms with Gasteiger partial charge in [-0.3, -0.25) is 14.4 Å². The molecule has 1 aromatic heterocycles. The molecule has 2 amide bonds. The lowest BCUT2D eigenvalue weighted by Crippen LogP contribution is -2.40. The Balaban J connectivity index is 1.78. The SMILES string of the molecule is CCCN1CC(NC(=O)c2nc3ccccc3[nH]c2=O)CC1=O. The van der Waals surface area contributed by atoms with E-state index in [1.54, 1.807) is 29.2 Å². The summed E-state index contributed by atoms with van der Waals surface area (Å²) in [6.07, 6.45) is 1.13. The van der Waals surface area contributed by atoms with Crippen LogP contribution in [0.2, 0.25) is 0 Å². The summed E-state index contributed by atoms with van der Waals surface area (Å²) in [6, 6.07) is 6.74. The van der Waals surface area contributed by atoms with Crippen LogP contribution in [0.1, 0.15) is 30.3 Å². The number of H-pyrrole nitrogens is 1. The number of aromatic nitrogens is 2. The van der Waals surface area contributed by atoms with Gasteiger partial charge in [0.1, 0.15) is 0 Å². The number of carbonyl (C=O) groups excluding carboxylic acids is 2. The lowest BCUT2D eigenvalue weighted by Gasteiger charge is -2.15. The largest absolute Gasteiger partial charge is 0.345 e. The lowest BCUT2D eigenvalue weighted by atomic mass is 10.2. The maximum atomic E-state index is 12.3. The zero-order chi connectivity index (χ0) is 16.4. The number of hydrogen-bond donors (Lipinski definition) is 2. The van der Waals surface area contributed by atoms with Crippen LogP contribution in [0.5, 0.6) is 0 Å². The van der Waals surface area contributed by atoms with E-state index in [1.807, 2.05) is 6.92 Å². The maximum absolute atomic E-state index is 12.3. The number of aromatic amines is 1. The summed E-state index contributed by atoms with van der Waals surface area (Å²) in [5, 5.41) is 2.74. The average molecular weight is 314 g/mol. The number of nitrogens with one attached hydrogen (secondary N) is 2. The molecule has 2 aromatic rings. The van der Waals surface area contributed by atoms with Gasteiger partial charge in [0.05, 0.1) is 17.1 Å². The van der Waals surface area contributed by atoms with E-state index >= 15 is 0 Å². The number of hydrogen-bond acceptors (Lipinski definition) is 4. The molecular formula is C16H18N4O3. The van der Waals surface area contributed by atoms with Gasteiger partial charge in [0.15, 0.2) is 5.69 Å². The van der Waals surface area contributed by atoms with Gasteiger partial charge >= 0.3 is 0 Å². The molecule has 7 heteroatoms. The number of para-hydroxylation sites is 2. The maximum Gasteiger partial charge on any atom is 0.280 e. The molecule has 120 valence electrons. The fourth-order valence-electron chi connectivity index (χ4n) is 2.79. The zero-order valence-corrected chi connectivity index (χ0v) is 12.8. The van der Waals surface area contributed by atoms with Crippen LogP contribution in [0.4, 0.5) is 0 Å². The van der Waals surface area contributed by atoms with Crippen LogP contribution in [-0.4, -0.2) is 45.8 Å². The topological polar surface area (TPSA) is 95.2 Å². The molecule has 0 spiro atoms. The molecule has 0 saturated carbocycles. The molecule has 0 bridgehead atoms. The minimum atomic E-state index is -0.548. The zero-order valence-electron chi connectivity index (χ0n) is 12.8. The molecule has 7 nitrogen and oxygen atoms in total. The molecule has 1 fully saturated rings. The Morgan fingerprint density at radius 2 is 2.17 bits per heavy atom. The van der Waals surface area contributed by atoms with Gasteiger partial charge in [-0.1, -0.05) is 19.1 Å². The number of nitrogens with zero attached hydrogens (tertiary/aromatic N) is 2. The van der Waals surface area contributed by atoms with E-state index in [1.165, 1.54) is 0 Å². The van der Waals surface area contributed by atoms with E-state index in [4.69, 9.17) is 0 Å². The first kappa shape index (κ1) is 15.2. The Morgan fingerprint density at radius 1 is 1.39 bits per heavy atom. The normalized spacial score (nSPS) is 17.7. The van der Waals surface area contributed by atoms with Crippen LogP contribution in [0.25, 0.3) is 11.0 Å². The van der Waals surface area contributed by atoms with Crippen LogP contribution in [-0.2, 0) is 4.79 Å². The van der Waals surface area contributed by atoms with Crippen molar-refractivity contribution in [1.29, 1.82) is 0 Å². The number of benzene rings is 1. The standard InChI is InChI=1S/C16H18N4O3/c1-2-7-20-9-10(8-13(20)21)17-15(22)14-16(23)19-12-6-4-3-5-11(12)18-14/h3-6,10H,2,7-9H2,1H3,(H,17,22)(H,19,23). The summed E-state index contributed by atoms with van der Waals surface area (Å²) in [7, 11) is 0. The van der Waals surface area contributed by atoms with Gasteiger partial charge in [0.25, 0.3) is 11.5 Å². The van der Waals surface area contributed by atoms with E-state index in [0.29, 0.717) is 24.1 Å². The molecule has 2 N–H and O–H groups in total. The summed E-state index contributed by atoms with van der Waals surface area (Å²) < 4.78 is 0. The van der Waals surface area contributed by atoms with Gasteiger partial charge in [0, 0.05) is 19.5 Å². The highest BCUT2D eigenvalue weighted by Crippen LogP contribution is 2.12. The van der Waals surface area contributed by atoms with Crippen molar-refractivity contribution in [3.8, 4) is 0 Å². The minimum Gasteiger partial charge on any atom is -0.345 e. The van der Waals surface area contributed by atoms with Crippen LogP contribution in [0.3, 0.4) is 0 Å². The summed E-state index contributed by atoms with van der Waals surface area (Å²) in [5.41, 5.74) is 0.424. The van der Waals surface area contributed by atoms with Crippen LogP contribution in [0.15, 0.2) is 29.1 Å². The lowest BCUT2D eigenvalue weighted by molar-refractivity contribution is -0.127. The first-order chi connectivity index (χ1) is 11.1. The van der Waals surface area contributed by atoms with Crippen LogP contribution in [0, 0.1) is 0 Å². The highest BCUT2D eigenvalue weighted by atomic mass is 16.2. The van der Waals surface area contributed by atoms with Crippen molar-refractivity contribution in [2.24, 2.45) is 0 Å². The van der Waals surface area contributed by atoms with Crippen molar-refractivity contribution < 1.29 is 9.59 Å². The predicted octanol–water partition coefficient (Wildman–Crippen LogP) is 0.664. The number of fused-ring (bicyclic) bond motifs is 1. The minimum absolute atomic E-state index is 0.0255. The quantitative estimate of drug-likeness (QED) is 0.867. The Labute approximate surface area is 132 Å². The van der Waals surface area contributed by atoms with E-state index in [2.05, 4.69) is 15.3 Å². The van der Waals surface area contributed by atoms with Crippen molar-refractivity contribution in [2.45, 2.75) is 25.8 Å². The second-order valence-corrected chi connectivity index (χ2v) is 5.65. The molecule has 0 radical (unpaired) electrons. The fraction of sp³-hybridized carbons (Fsp3) is 0.375. The van der Waals surface area contributed by atoms with Gasteiger partial charge in [-0.05, 0) is 18.6 Å². The third-order valence-corrected chi connectivity index (χ3v) is 3.86. The molecule has 1 aliphatic rings. The third kappa shape index (κ3) is 3.08. The Morgan fingerprint density at radius 3 is 2.96 bits per heavy atom. The monoisotopic (exact) mass is 314 g/mol. The summed E-state index contributed by atoms with van der Waals surface area (Å²) >= 11 is 0. The molecule has 0 aliphatic carbocycles. The number of likely N-dealkylation sites (tertiary alicyclic amines) is 1. The predicted molar refractivity (Wildman–Crippen MR) is 85.1 cm³/mol. The average Bonchev–Trinajstić information content (AvgIpc) is 2.86. The van der Waals surface area contributed by atoms with E-state index in [0.717, 1.165) is 6.42 Å². The third-order valence-electron chi connectivity index (χ3n) is 3.86. The van der Waals surface area contributed by atoms with Gasteiger partial charge in [-0.25, -0.2) is 4.98 Å². The Hall–Kier alpha value is -2.70. The molecule has 1 unspecified atom stereocenters. The first-order valence-electron chi connectivity index (χ1n) is 7.66. The number of rotatable bonds is 4. The summed E-state index contributed by atoms with van der Waals surface area (Å²) in [5.74, 6) is -0.523. The summed E-state index contributed by atoms with van der Waals surface area (Å²) in [4.78, 5) is 44.7. The molecule has 2 heterocycles. The van der Waals surface area contributed by atoms with Crippen molar-refractivity contribution in [1.82, 2.24) is 20.2 Å². The molecule has 1 atom stereocenters. The van der Waals surface area contributed by atoms with Crippen LogP contribution < -0.4 is 10.9 Å². The van der Waals surface area contributed by atoms with Crippen molar-refractivity contribution >= 4 is 22.8 Å². The molecule has 1 aliphatic heterocycles. The van der Waals surface area contributed by atoms with E-state index in [9.17, 15) is 14.4 Å². The molecule has 1 saturated heterocycles. The van der Waals surface area contributed by atoms with E-state index in [-0.39, 0.29) is 24.1 Å². The van der Waals surface area contributed by atoms with Crippen LogP contribution >= 0.6 is 0 Å². The first-order valence-corrected chi connectivity index (χ1v) is 7.66. The second-order valence-electron chi connectivity index (χ2n) is 5.65. The van der Waals surface area contributed by atoms with Gasteiger partial charge in [-0.2, -0.15) is 0 Å². The molecule has 1 aromatic carbocycles. The van der Waals surface area contributed by atoms with Crippen molar-refractivity contribution in [3.63, 3.8) is 0 Å². The smallest absolute Gasteiger partial charge is 0.280 e. The number of carbonyl (C=O) groups is 2. The molecule has 3 rings (SSSR count). The Kier molecular flexibility index (Phi) is 4.10. The highest BCUT2D eigenvalue weighted by Gasteiger charge is 2.30. The van der Waals surface area contributed by atoms with Gasteiger partial charge < -0.3 is 15.2 Å². The van der Waals surface area contributed by atoms with Crippen molar-refractivity contribution in [3.05, 3.63) is 40.3 Å². The second kappa shape index (κ2) is 6.20. The van der Waals surface area contributed by atoms with Gasteiger partial charge in [0.2, 0.25) is 5.91 Å². The fourth-order valence-corrected chi connectivity index (χ4v) is 2.79. The Bertz CT molecular complexity index is 814. The number of amides is 2.